The quantitative estimate of drug-likeness (QED) is 0.602. The molecule has 1 saturated carbocycles. The van der Waals surface area contributed by atoms with Crippen LogP contribution in [-0.4, -0.2) is 23.0 Å². The second-order valence-corrected chi connectivity index (χ2v) is 7.76. The summed E-state index contributed by atoms with van der Waals surface area (Å²) < 4.78 is 5.25. The number of carbonyl (C=O) groups is 1. The number of nitrogens with zero attached hydrogens (tertiary/aromatic N) is 2. The summed E-state index contributed by atoms with van der Waals surface area (Å²) in [5.74, 6) is 1.67. The fourth-order valence-corrected chi connectivity index (χ4v) is 4.02. The maximum absolute atomic E-state index is 12.6. The van der Waals surface area contributed by atoms with Crippen molar-refractivity contribution in [1.82, 2.24) is 9.97 Å². The van der Waals surface area contributed by atoms with Crippen molar-refractivity contribution in [3.63, 3.8) is 0 Å². The van der Waals surface area contributed by atoms with E-state index in [0.717, 1.165) is 41.1 Å². The highest BCUT2D eigenvalue weighted by molar-refractivity contribution is 5.92. The van der Waals surface area contributed by atoms with Crippen molar-refractivity contribution >= 4 is 11.7 Å². The summed E-state index contributed by atoms with van der Waals surface area (Å²) in [6.45, 7) is 0. The number of amides is 1. The number of methoxy groups -OCH3 is 1. The lowest BCUT2D eigenvalue weighted by molar-refractivity contribution is -0.115. The largest absolute Gasteiger partial charge is 0.497 e. The second kappa shape index (κ2) is 9.53. The number of nitrogens with one attached hydrogen (secondary N) is 1. The molecule has 30 heavy (non-hydrogen) atoms. The highest BCUT2D eigenvalue weighted by Gasteiger charge is 2.23. The van der Waals surface area contributed by atoms with Gasteiger partial charge in [-0.15, -0.1) is 0 Å². The zero-order valence-electron chi connectivity index (χ0n) is 17.3. The molecule has 0 spiro atoms. The first-order valence-corrected chi connectivity index (χ1v) is 10.6. The molecule has 1 aliphatic rings. The molecule has 5 heteroatoms. The van der Waals surface area contributed by atoms with E-state index in [4.69, 9.17) is 9.72 Å². The summed E-state index contributed by atoms with van der Waals surface area (Å²) in [5, 5.41) is 3.02. The van der Waals surface area contributed by atoms with E-state index in [1.165, 1.54) is 19.3 Å². The molecule has 5 nitrogen and oxygen atoms in total. The van der Waals surface area contributed by atoms with Crippen molar-refractivity contribution in [3.05, 3.63) is 72.1 Å². The number of aromatic nitrogens is 2. The Kier molecular flexibility index (Phi) is 6.38. The molecule has 154 valence electrons. The van der Waals surface area contributed by atoms with Crippen molar-refractivity contribution < 1.29 is 9.53 Å². The minimum atomic E-state index is -0.0650. The summed E-state index contributed by atoms with van der Waals surface area (Å²) in [6, 6.07) is 17.6. The van der Waals surface area contributed by atoms with Crippen molar-refractivity contribution in [3.8, 4) is 17.0 Å². The minimum Gasteiger partial charge on any atom is -0.497 e. The van der Waals surface area contributed by atoms with Crippen molar-refractivity contribution in [2.75, 3.05) is 12.4 Å². The summed E-state index contributed by atoms with van der Waals surface area (Å²) in [7, 11) is 1.66. The summed E-state index contributed by atoms with van der Waals surface area (Å²) in [6.07, 6.45) is 7.88. The number of anilines is 1. The van der Waals surface area contributed by atoms with E-state index < -0.39 is 0 Å². The summed E-state index contributed by atoms with van der Waals surface area (Å²) in [4.78, 5) is 22.2. The molecule has 0 aliphatic heterocycles. The van der Waals surface area contributed by atoms with E-state index in [-0.39, 0.29) is 5.91 Å². The average molecular weight is 402 g/mol. The molecule has 0 radical (unpaired) electrons. The number of rotatable bonds is 6. The Labute approximate surface area is 177 Å². The van der Waals surface area contributed by atoms with Crippen LogP contribution in [0.5, 0.6) is 5.75 Å². The third-order valence-electron chi connectivity index (χ3n) is 5.64. The van der Waals surface area contributed by atoms with Gasteiger partial charge >= 0.3 is 0 Å². The highest BCUT2D eigenvalue weighted by Crippen LogP contribution is 2.35. The molecule has 4 rings (SSSR count). The van der Waals surface area contributed by atoms with Gasteiger partial charge in [-0.1, -0.05) is 49.6 Å². The number of carbonyl (C=O) groups excluding carboxylic acids is 1. The number of hydrogen-bond donors (Lipinski definition) is 1. The predicted molar refractivity (Wildman–Crippen MR) is 119 cm³/mol. The van der Waals surface area contributed by atoms with Gasteiger partial charge in [0.1, 0.15) is 5.75 Å². The van der Waals surface area contributed by atoms with E-state index in [1.54, 1.807) is 13.3 Å². The second-order valence-electron chi connectivity index (χ2n) is 7.76. The number of ether oxygens (including phenoxy) is 1. The van der Waals surface area contributed by atoms with E-state index in [2.05, 4.69) is 10.3 Å². The van der Waals surface area contributed by atoms with Crippen LogP contribution in [0.1, 0.15) is 49.3 Å². The molecule has 0 unspecified atom stereocenters. The Bertz CT molecular complexity index is 981. The Hall–Kier alpha value is -3.21. The molecule has 1 amide bonds. The van der Waals surface area contributed by atoms with Crippen LogP contribution in [0.15, 0.2) is 60.8 Å². The zero-order chi connectivity index (χ0) is 20.8. The van der Waals surface area contributed by atoms with Gasteiger partial charge in [-0.3, -0.25) is 4.79 Å². The van der Waals surface area contributed by atoms with Crippen molar-refractivity contribution in [1.29, 1.82) is 0 Å². The van der Waals surface area contributed by atoms with Crippen LogP contribution in [0.4, 0.5) is 5.82 Å². The highest BCUT2D eigenvalue weighted by atomic mass is 16.5. The molecule has 1 heterocycles. The number of hydrogen-bond acceptors (Lipinski definition) is 4. The molecule has 1 N–H and O–H groups in total. The molecule has 1 fully saturated rings. The zero-order valence-corrected chi connectivity index (χ0v) is 17.3. The SMILES string of the molecule is COc1ccc(-c2cnc(NC(=O)Cc3ccccc3)c(C3CCCCC3)n2)cc1. The molecule has 0 saturated heterocycles. The summed E-state index contributed by atoms with van der Waals surface area (Å²) in [5.41, 5.74) is 3.70. The van der Waals surface area contributed by atoms with Crippen molar-refractivity contribution in [2.24, 2.45) is 0 Å². The Balaban J connectivity index is 1.60. The molecular formula is C25H27N3O2. The first-order chi connectivity index (χ1) is 14.7. The van der Waals surface area contributed by atoms with Crippen LogP contribution in [0, 0.1) is 0 Å². The predicted octanol–water partition coefficient (Wildman–Crippen LogP) is 5.38. The minimum absolute atomic E-state index is 0.0650. The van der Waals surface area contributed by atoms with Crippen LogP contribution in [0.3, 0.4) is 0 Å². The lowest BCUT2D eigenvalue weighted by Gasteiger charge is -2.23. The Morgan fingerprint density at radius 2 is 1.77 bits per heavy atom. The maximum atomic E-state index is 12.6. The van der Waals surface area contributed by atoms with Gasteiger partial charge in [-0.2, -0.15) is 0 Å². The molecule has 1 aromatic heterocycles. The Morgan fingerprint density at radius 3 is 2.47 bits per heavy atom. The fourth-order valence-electron chi connectivity index (χ4n) is 4.02. The molecule has 3 aromatic rings. The molecule has 0 bridgehead atoms. The van der Waals surface area contributed by atoms with Crippen LogP contribution >= 0.6 is 0 Å². The van der Waals surface area contributed by atoms with Crippen LogP contribution in [0.2, 0.25) is 0 Å². The lowest BCUT2D eigenvalue weighted by atomic mass is 9.86. The van der Waals surface area contributed by atoms with E-state index in [9.17, 15) is 4.79 Å². The van der Waals surface area contributed by atoms with Gasteiger partial charge in [0.2, 0.25) is 5.91 Å². The van der Waals surface area contributed by atoms with Gasteiger partial charge < -0.3 is 10.1 Å². The van der Waals surface area contributed by atoms with Gasteiger partial charge in [0.25, 0.3) is 0 Å². The van der Waals surface area contributed by atoms with Gasteiger partial charge in [-0.05, 0) is 42.7 Å². The van der Waals surface area contributed by atoms with E-state index >= 15 is 0 Å². The number of benzene rings is 2. The first kappa shape index (κ1) is 20.1. The topological polar surface area (TPSA) is 64.1 Å². The standard InChI is InChI=1S/C25H27N3O2/c1-30-21-14-12-19(13-15-21)22-17-26-25(24(27-22)20-10-6-3-7-11-20)28-23(29)16-18-8-4-2-5-9-18/h2,4-5,8-9,12-15,17,20H,3,6-7,10-11,16H2,1H3,(H,26,28,29). The third-order valence-corrected chi connectivity index (χ3v) is 5.64. The van der Waals surface area contributed by atoms with Gasteiger partial charge in [0.15, 0.2) is 5.82 Å². The van der Waals surface area contributed by atoms with Crippen molar-refractivity contribution in [2.45, 2.75) is 44.4 Å². The monoisotopic (exact) mass is 401 g/mol. The smallest absolute Gasteiger partial charge is 0.229 e. The van der Waals surface area contributed by atoms with E-state index in [0.29, 0.717) is 18.2 Å². The van der Waals surface area contributed by atoms with Gasteiger partial charge in [0, 0.05) is 11.5 Å². The van der Waals surface area contributed by atoms with Gasteiger partial charge in [0.05, 0.1) is 31.1 Å². The normalized spacial score (nSPS) is 14.3. The average Bonchev–Trinajstić information content (AvgIpc) is 2.80. The molecular weight excluding hydrogens is 374 g/mol. The van der Waals surface area contributed by atoms with Gasteiger partial charge in [-0.25, -0.2) is 9.97 Å². The Morgan fingerprint density at radius 1 is 1.03 bits per heavy atom. The van der Waals surface area contributed by atoms with E-state index in [1.807, 2.05) is 54.6 Å². The van der Waals surface area contributed by atoms with Crippen LogP contribution < -0.4 is 10.1 Å². The lowest BCUT2D eigenvalue weighted by Crippen LogP contribution is -2.19. The maximum Gasteiger partial charge on any atom is 0.229 e. The third kappa shape index (κ3) is 4.85. The summed E-state index contributed by atoms with van der Waals surface area (Å²) >= 11 is 0. The first-order valence-electron chi connectivity index (χ1n) is 10.6. The molecule has 1 aliphatic carbocycles. The molecule has 2 aromatic carbocycles. The molecule has 0 atom stereocenters. The van der Waals surface area contributed by atoms with Crippen LogP contribution in [-0.2, 0) is 11.2 Å². The fraction of sp³-hybridized carbons (Fsp3) is 0.320. The van der Waals surface area contributed by atoms with Crippen LogP contribution in [0.25, 0.3) is 11.3 Å².